The second kappa shape index (κ2) is 9.20. The van der Waals surface area contributed by atoms with Crippen molar-refractivity contribution in [3.63, 3.8) is 0 Å². The monoisotopic (exact) mass is 477 g/mol. The van der Waals surface area contributed by atoms with Gasteiger partial charge in [-0.25, -0.2) is 9.67 Å². The molecular formula is C26H31N5O4. The SMILES string of the molecule is CC(C)C(=O)N1CCN(C(=O)c2cc(-c3ccc4c(c3)OCCO4)nc3c2cnn3C(C)C)CC1. The number of carbonyl (C=O) groups is 2. The number of carbonyl (C=O) groups excluding carboxylic acids is 2. The molecule has 2 aliphatic heterocycles. The van der Waals surface area contributed by atoms with E-state index in [1.807, 2.05) is 66.4 Å². The maximum absolute atomic E-state index is 13.7. The van der Waals surface area contributed by atoms with E-state index < -0.39 is 0 Å². The van der Waals surface area contributed by atoms with E-state index in [1.54, 1.807) is 6.20 Å². The number of hydrogen-bond donors (Lipinski definition) is 0. The van der Waals surface area contributed by atoms with Crippen LogP contribution in [0.15, 0.2) is 30.5 Å². The molecule has 5 rings (SSSR count). The molecule has 35 heavy (non-hydrogen) atoms. The molecule has 0 aliphatic carbocycles. The second-order valence-corrected chi connectivity index (χ2v) is 9.61. The first-order chi connectivity index (χ1) is 16.8. The summed E-state index contributed by atoms with van der Waals surface area (Å²) < 4.78 is 13.3. The third kappa shape index (κ3) is 4.31. The van der Waals surface area contributed by atoms with Crippen LogP contribution in [0.25, 0.3) is 22.3 Å². The maximum atomic E-state index is 13.7. The number of piperazine rings is 1. The van der Waals surface area contributed by atoms with Crippen LogP contribution in [-0.4, -0.2) is 75.8 Å². The van der Waals surface area contributed by atoms with E-state index in [-0.39, 0.29) is 23.8 Å². The van der Waals surface area contributed by atoms with Gasteiger partial charge in [0.25, 0.3) is 5.91 Å². The number of hydrogen-bond acceptors (Lipinski definition) is 6. The van der Waals surface area contributed by atoms with E-state index in [9.17, 15) is 9.59 Å². The van der Waals surface area contributed by atoms with Gasteiger partial charge in [-0.2, -0.15) is 5.10 Å². The number of fused-ring (bicyclic) bond motifs is 2. The first-order valence-corrected chi connectivity index (χ1v) is 12.2. The van der Waals surface area contributed by atoms with Crippen LogP contribution in [0.3, 0.4) is 0 Å². The highest BCUT2D eigenvalue weighted by molar-refractivity contribution is 6.06. The van der Waals surface area contributed by atoms with Crippen LogP contribution in [0.2, 0.25) is 0 Å². The molecule has 1 fully saturated rings. The van der Waals surface area contributed by atoms with Crippen molar-refractivity contribution < 1.29 is 19.1 Å². The molecule has 184 valence electrons. The summed E-state index contributed by atoms with van der Waals surface area (Å²) in [5, 5.41) is 5.26. The molecule has 3 aromatic rings. The molecule has 2 aliphatic rings. The number of benzene rings is 1. The minimum Gasteiger partial charge on any atom is -0.486 e. The van der Waals surface area contributed by atoms with Crippen LogP contribution < -0.4 is 9.47 Å². The van der Waals surface area contributed by atoms with Gasteiger partial charge in [-0.3, -0.25) is 9.59 Å². The van der Waals surface area contributed by atoms with E-state index in [0.717, 1.165) is 10.9 Å². The Morgan fingerprint density at radius 1 is 0.914 bits per heavy atom. The van der Waals surface area contributed by atoms with Crippen LogP contribution in [-0.2, 0) is 4.79 Å². The fraction of sp³-hybridized carbons (Fsp3) is 0.462. The van der Waals surface area contributed by atoms with Crippen molar-refractivity contribution in [1.82, 2.24) is 24.6 Å². The summed E-state index contributed by atoms with van der Waals surface area (Å²) in [6, 6.07) is 7.64. The molecule has 0 N–H and O–H groups in total. The Morgan fingerprint density at radius 2 is 1.60 bits per heavy atom. The molecule has 0 radical (unpaired) electrons. The molecule has 9 heteroatoms. The van der Waals surface area contributed by atoms with Gasteiger partial charge in [0.2, 0.25) is 5.91 Å². The zero-order chi connectivity index (χ0) is 24.7. The fourth-order valence-corrected chi connectivity index (χ4v) is 4.59. The topological polar surface area (TPSA) is 89.8 Å². The summed E-state index contributed by atoms with van der Waals surface area (Å²) >= 11 is 0. The number of rotatable bonds is 4. The largest absolute Gasteiger partial charge is 0.486 e. The summed E-state index contributed by atoms with van der Waals surface area (Å²) in [5.74, 6) is 1.39. The molecule has 0 spiro atoms. The first-order valence-electron chi connectivity index (χ1n) is 12.2. The molecule has 4 heterocycles. The molecule has 0 bridgehead atoms. The molecule has 0 unspecified atom stereocenters. The summed E-state index contributed by atoms with van der Waals surface area (Å²) in [7, 11) is 0. The summed E-state index contributed by atoms with van der Waals surface area (Å²) in [5.41, 5.74) is 2.75. The highest BCUT2D eigenvalue weighted by Gasteiger charge is 2.28. The Labute approximate surface area is 204 Å². The predicted molar refractivity (Wildman–Crippen MR) is 132 cm³/mol. The third-order valence-corrected chi connectivity index (χ3v) is 6.50. The Balaban J connectivity index is 1.51. The summed E-state index contributed by atoms with van der Waals surface area (Å²) in [6.07, 6.45) is 1.72. The van der Waals surface area contributed by atoms with Gasteiger partial charge in [0, 0.05) is 43.7 Å². The van der Waals surface area contributed by atoms with E-state index in [1.165, 1.54) is 0 Å². The Hall–Kier alpha value is -3.62. The van der Waals surface area contributed by atoms with Gasteiger partial charge >= 0.3 is 0 Å². The number of amides is 2. The molecule has 9 nitrogen and oxygen atoms in total. The number of ether oxygens (including phenoxy) is 2. The highest BCUT2D eigenvalue weighted by Crippen LogP contribution is 2.35. The van der Waals surface area contributed by atoms with E-state index in [2.05, 4.69) is 5.10 Å². The van der Waals surface area contributed by atoms with Crippen LogP contribution in [0, 0.1) is 5.92 Å². The van der Waals surface area contributed by atoms with Gasteiger partial charge in [-0.05, 0) is 38.1 Å². The van der Waals surface area contributed by atoms with Gasteiger partial charge in [0.05, 0.1) is 22.8 Å². The molecule has 0 saturated carbocycles. The van der Waals surface area contributed by atoms with Crippen molar-refractivity contribution in [2.24, 2.45) is 5.92 Å². The van der Waals surface area contributed by atoms with Crippen molar-refractivity contribution in [3.8, 4) is 22.8 Å². The van der Waals surface area contributed by atoms with Gasteiger partial charge in [-0.1, -0.05) is 13.8 Å². The van der Waals surface area contributed by atoms with E-state index in [0.29, 0.717) is 67.8 Å². The lowest BCUT2D eigenvalue weighted by Crippen LogP contribution is -2.51. The smallest absolute Gasteiger partial charge is 0.254 e. The molecule has 2 aromatic heterocycles. The zero-order valence-corrected chi connectivity index (χ0v) is 20.7. The minimum absolute atomic E-state index is 0.0486. The van der Waals surface area contributed by atoms with Crippen molar-refractivity contribution >= 4 is 22.8 Å². The summed E-state index contributed by atoms with van der Waals surface area (Å²) in [6.45, 7) is 11.0. The van der Waals surface area contributed by atoms with Crippen molar-refractivity contribution in [2.45, 2.75) is 33.7 Å². The molecular weight excluding hydrogens is 446 g/mol. The van der Waals surface area contributed by atoms with Crippen LogP contribution >= 0.6 is 0 Å². The minimum atomic E-state index is -0.0730. The standard InChI is InChI=1S/C26H31N5O4/c1-16(2)25(32)29-7-9-30(10-8-29)26(33)19-14-21(28-24-20(19)15-27-31(24)17(3)4)18-5-6-22-23(13-18)35-12-11-34-22/h5-6,13-17H,7-12H2,1-4H3. The van der Waals surface area contributed by atoms with Crippen LogP contribution in [0.1, 0.15) is 44.1 Å². The second-order valence-electron chi connectivity index (χ2n) is 9.61. The maximum Gasteiger partial charge on any atom is 0.254 e. The van der Waals surface area contributed by atoms with Gasteiger partial charge in [0.1, 0.15) is 13.2 Å². The lowest BCUT2D eigenvalue weighted by molar-refractivity contribution is -0.135. The fourth-order valence-electron chi connectivity index (χ4n) is 4.59. The van der Waals surface area contributed by atoms with Crippen LogP contribution in [0.5, 0.6) is 11.5 Å². The molecule has 0 atom stereocenters. The quantitative estimate of drug-likeness (QED) is 0.572. The number of aromatic nitrogens is 3. The Bertz CT molecular complexity index is 1270. The molecule has 1 aromatic carbocycles. The van der Waals surface area contributed by atoms with Crippen molar-refractivity contribution in [2.75, 3.05) is 39.4 Å². The third-order valence-electron chi connectivity index (χ3n) is 6.50. The number of nitrogens with zero attached hydrogens (tertiary/aromatic N) is 5. The Kier molecular flexibility index (Phi) is 6.08. The lowest BCUT2D eigenvalue weighted by atomic mass is 10.0. The zero-order valence-electron chi connectivity index (χ0n) is 20.7. The lowest BCUT2D eigenvalue weighted by Gasteiger charge is -2.35. The van der Waals surface area contributed by atoms with Crippen molar-refractivity contribution in [1.29, 1.82) is 0 Å². The molecule has 1 saturated heterocycles. The summed E-state index contributed by atoms with van der Waals surface area (Å²) in [4.78, 5) is 34.7. The van der Waals surface area contributed by atoms with Gasteiger partial charge in [-0.15, -0.1) is 0 Å². The highest BCUT2D eigenvalue weighted by atomic mass is 16.6. The van der Waals surface area contributed by atoms with E-state index in [4.69, 9.17) is 14.5 Å². The van der Waals surface area contributed by atoms with E-state index >= 15 is 0 Å². The van der Waals surface area contributed by atoms with Crippen LogP contribution in [0.4, 0.5) is 0 Å². The first kappa shape index (κ1) is 23.1. The normalized spacial score (nSPS) is 15.8. The predicted octanol–water partition coefficient (Wildman–Crippen LogP) is 3.39. The Morgan fingerprint density at radius 3 is 2.29 bits per heavy atom. The average molecular weight is 478 g/mol. The van der Waals surface area contributed by atoms with Crippen molar-refractivity contribution in [3.05, 3.63) is 36.0 Å². The average Bonchev–Trinajstić information content (AvgIpc) is 3.31. The molecule has 2 amide bonds. The van der Waals surface area contributed by atoms with Gasteiger partial charge in [0.15, 0.2) is 17.1 Å². The van der Waals surface area contributed by atoms with Gasteiger partial charge < -0.3 is 19.3 Å². The number of pyridine rings is 1.